The van der Waals surface area contributed by atoms with E-state index >= 15 is 0 Å². The maximum Gasteiger partial charge on any atom is 0.349 e. The Labute approximate surface area is 169 Å². The van der Waals surface area contributed by atoms with Crippen molar-refractivity contribution in [2.75, 3.05) is 0 Å². The second-order valence-electron chi connectivity index (χ2n) is 6.42. The number of amides is 2. The molecular formula is C21H17N3O4S. The van der Waals surface area contributed by atoms with Crippen LogP contribution in [-0.2, 0) is 11.2 Å². The summed E-state index contributed by atoms with van der Waals surface area (Å²) in [6.45, 7) is 0. The molecule has 0 atom stereocenters. The molecule has 0 spiro atoms. The van der Waals surface area contributed by atoms with Gasteiger partial charge in [-0.3, -0.25) is 20.4 Å². The molecule has 0 saturated heterocycles. The number of nitrogens with zero attached hydrogens (tertiary/aromatic N) is 1. The van der Waals surface area contributed by atoms with Crippen molar-refractivity contribution < 1.29 is 14.0 Å². The van der Waals surface area contributed by atoms with E-state index in [-0.39, 0.29) is 17.9 Å². The fraction of sp³-hybridized carbons (Fsp3) is 0.143. The Morgan fingerprint density at radius 3 is 2.69 bits per heavy atom. The van der Waals surface area contributed by atoms with Gasteiger partial charge in [-0.2, -0.15) is 0 Å². The van der Waals surface area contributed by atoms with Crippen LogP contribution in [-0.4, -0.2) is 16.8 Å². The lowest BCUT2D eigenvalue weighted by Gasteiger charge is -2.07. The average Bonchev–Trinajstić information content (AvgIpc) is 3.14. The van der Waals surface area contributed by atoms with Gasteiger partial charge in [0.2, 0.25) is 5.91 Å². The Bertz CT molecular complexity index is 1230. The highest BCUT2D eigenvalue weighted by Gasteiger charge is 2.14. The minimum absolute atomic E-state index is 0.168. The summed E-state index contributed by atoms with van der Waals surface area (Å²) < 4.78 is 6.24. The van der Waals surface area contributed by atoms with E-state index in [1.807, 2.05) is 24.3 Å². The van der Waals surface area contributed by atoms with Gasteiger partial charge in [-0.1, -0.05) is 30.3 Å². The van der Waals surface area contributed by atoms with E-state index in [1.165, 1.54) is 6.07 Å². The summed E-state index contributed by atoms with van der Waals surface area (Å²) >= 11 is 1.61. The van der Waals surface area contributed by atoms with E-state index in [9.17, 15) is 14.4 Å². The molecule has 2 amide bonds. The number of aryl methyl sites for hydroxylation is 1. The Hall–Kier alpha value is -3.52. The molecule has 8 heteroatoms. The molecule has 146 valence electrons. The first-order chi connectivity index (χ1) is 14.1. The zero-order chi connectivity index (χ0) is 20.2. The normalized spacial score (nSPS) is 10.9. The van der Waals surface area contributed by atoms with Gasteiger partial charge in [0.25, 0.3) is 5.91 Å². The maximum absolute atomic E-state index is 12.2. The highest BCUT2D eigenvalue weighted by atomic mass is 32.1. The monoisotopic (exact) mass is 407 g/mol. The molecule has 0 aliphatic rings. The molecule has 0 radical (unpaired) electrons. The standard InChI is InChI=1S/C21H17N3O4S/c25-18(10-5-11-19-22-15-7-2-4-9-17(15)29-19)23-24-20(26)14-12-13-6-1-3-8-16(13)28-21(14)27/h1-4,6-9,12H,5,10-11H2,(H,23,25)(H,24,26). The van der Waals surface area contributed by atoms with Crippen LogP contribution in [0.2, 0.25) is 0 Å². The van der Waals surface area contributed by atoms with Gasteiger partial charge in [-0.05, 0) is 37.1 Å². The Morgan fingerprint density at radius 1 is 1.03 bits per heavy atom. The zero-order valence-corrected chi connectivity index (χ0v) is 16.1. The molecule has 0 fully saturated rings. The van der Waals surface area contributed by atoms with Crippen LogP contribution in [0, 0.1) is 0 Å². The summed E-state index contributed by atoms with van der Waals surface area (Å²) in [5.41, 5.74) is 5.02. The predicted molar refractivity (Wildman–Crippen MR) is 111 cm³/mol. The van der Waals surface area contributed by atoms with Gasteiger partial charge in [0.15, 0.2) is 0 Å². The Morgan fingerprint density at radius 2 is 1.83 bits per heavy atom. The van der Waals surface area contributed by atoms with Gasteiger partial charge >= 0.3 is 5.63 Å². The van der Waals surface area contributed by atoms with Crippen LogP contribution in [0.25, 0.3) is 21.2 Å². The summed E-state index contributed by atoms with van der Waals surface area (Å²) in [7, 11) is 0. The topological polar surface area (TPSA) is 101 Å². The van der Waals surface area contributed by atoms with Crippen LogP contribution in [0.15, 0.2) is 63.8 Å². The minimum Gasteiger partial charge on any atom is -0.422 e. The fourth-order valence-electron chi connectivity index (χ4n) is 2.90. The molecule has 29 heavy (non-hydrogen) atoms. The van der Waals surface area contributed by atoms with Crippen LogP contribution >= 0.6 is 11.3 Å². The number of benzene rings is 2. The third-order valence-electron chi connectivity index (χ3n) is 4.33. The van der Waals surface area contributed by atoms with Crippen molar-refractivity contribution in [3.8, 4) is 0 Å². The first kappa shape index (κ1) is 18.8. The maximum atomic E-state index is 12.2. The molecule has 0 bridgehead atoms. The van der Waals surface area contributed by atoms with Crippen molar-refractivity contribution in [2.45, 2.75) is 19.3 Å². The number of carbonyl (C=O) groups is 2. The van der Waals surface area contributed by atoms with Gasteiger partial charge < -0.3 is 4.42 Å². The molecule has 0 saturated carbocycles. The van der Waals surface area contributed by atoms with E-state index in [0.717, 1.165) is 15.2 Å². The number of hydrazine groups is 1. The quantitative estimate of drug-likeness (QED) is 0.391. The molecule has 4 rings (SSSR count). The van der Waals surface area contributed by atoms with Gasteiger partial charge in [0.05, 0.1) is 15.2 Å². The summed E-state index contributed by atoms with van der Waals surface area (Å²) in [5.74, 6) is -1.06. The number of aromatic nitrogens is 1. The Kier molecular flexibility index (Phi) is 5.35. The number of fused-ring (bicyclic) bond motifs is 2. The Balaban J connectivity index is 1.29. The van der Waals surface area contributed by atoms with Crippen molar-refractivity contribution in [3.05, 3.63) is 75.6 Å². The first-order valence-electron chi connectivity index (χ1n) is 9.07. The van der Waals surface area contributed by atoms with E-state index in [4.69, 9.17) is 4.42 Å². The lowest BCUT2D eigenvalue weighted by molar-refractivity contribution is -0.121. The van der Waals surface area contributed by atoms with Crippen molar-refractivity contribution in [1.29, 1.82) is 0 Å². The van der Waals surface area contributed by atoms with Crippen molar-refractivity contribution in [3.63, 3.8) is 0 Å². The molecule has 2 aromatic heterocycles. The highest BCUT2D eigenvalue weighted by Crippen LogP contribution is 2.22. The number of nitrogens with one attached hydrogen (secondary N) is 2. The molecule has 2 heterocycles. The molecule has 0 aliphatic carbocycles. The van der Waals surface area contributed by atoms with E-state index in [1.54, 1.807) is 35.6 Å². The van der Waals surface area contributed by atoms with Gasteiger partial charge in [-0.15, -0.1) is 11.3 Å². The van der Waals surface area contributed by atoms with Crippen LogP contribution < -0.4 is 16.5 Å². The molecule has 0 unspecified atom stereocenters. The smallest absolute Gasteiger partial charge is 0.349 e. The van der Waals surface area contributed by atoms with Gasteiger partial charge in [-0.25, -0.2) is 9.78 Å². The fourth-order valence-corrected chi connectivity index (χ4v) is 3.91. The molecule has 7 nitrogen and oxygen atoms in total. The molecule has 2 N–H and O–H groups in total. The van der Waals surface area contributed by atoms with Crippen molar-refractivity contribution in [1.82, 2.24) is 15.8 Å². The number of hydrogen-bond acceptors (Lipinski definition) is 6. The number of carbonyl (C=O) groups excluding carboxylic acids is 2. The number of para-hydroxylation sites is 2. The average molecular weight is 407 g/mol. The van der Waals surface area contributed by atoms with E-state index < -0.39 is 11.5 Å². The zero-order valence-electron chi connectivity index (χ0n) is 15.3. The highest BCUT2D eigenvalue weighted by molar-refractivity contribution is 7.18. The molecule has 4 aromatic rings. The molecule has 0 aliphatic heterocycles. The third kappa shape index (κ3) is 4.33. The van der Waals surface area contributed by atoms with E-state index in [2.05, 4.69) is 15.8 Å². The summed E-state index contributed by atoms with van der Waals surface area (Å²) in [6, 6.07) is 16.2. The SMILES string of the molecule is O=C(CCCc1nc2ccccc2s1)NNC(=O)c1cc2ccccc2oc1=O. The number of rotatable bonds is 5. The second-order valence-corrected chi connectivity index (χ2v) is 7.53. The van der Waals surface area contributed by atoms with Gasteiger partial charge in [0, 0.05) is 11.8 Å². The molecule has 2 aromatic carbocycles. The second kappa shape index (κ2) is 8.24. The third-order valence-corrected chi connectivity index (χ3v) is 5.43. The van der Waals surface area contributed by atoms with Crippen molar-refractivity contribution >= 4 is 44.3 Å². The van der Waals surface area contributed by atoms with Crippen molar-refractivity contribution in [2.24, 2.45) is 0 Å². The first-order valence-corrected chi connectivity index (χ1v) is 9.88. The number of thiazole rings is 1. The van der Waals surface area contributed by atoms with Crippen LogP contribution in [0.4, 0.5) is 0 Å². The van der Waals surface area contributed by atoms with E-state index in [0.29, 0.717) is 23.8 Å². The lowest BCUT2D eigenvalue weighted by atomic mass is 10.2. The summed E-state index contributed by atoms with van der Waals surface area (Å²) in [6.07, 6.45) is 1.50. The largest absolute Gasteiger partial charge is 0.422 e. The van der Waals surface area contributed by atoms with Crippen LogP contribution in [0.3, 0.4) is 0 Å². The number of hydrogen-bond donors (Lipinski definition) is 2. The molecular weight excluding hydrogens is 390 g/mol. The minimum atomic E-state index is -0.758. The summed E-state index contributed by atoms with van der Waals surface area (Å²) in [5, 5.41) is 1.59. The van der Waals surface area contributed by atoms with Crippen LogP contribution in [0.1, 0.15) is 28.2 Å². The van der Waals surface area contributed by atoms with Crippen LogP contribution in [0.5, 0.6) is 0 Å². The lowest BCUT2D eigenvalue weighted by Crippen LogP contribution is -2.43. The predicted octanol–water partition coefficient (Wildman–Crippen LogP) is 3.19. The summed E-state index contributed by atoms with van der Waals surface area (Å²) in [4.78, 5) is 40.7. The van der Waals surface area contributed by atoms with Gasteiger partial charge in [0.1, 0.15) is 11.1 Å².